The quantitative estimate of drug-likeness (QED) is 0.920. The number of carboxylic acids is 1. The highest BCUT2D eigenvalue weighted by Crippen LogP contribution is 2.25. The van der Waals surface area contributed by atoms with Gasteiger partial charge in [0.1, 0.15) is 5.56 Å². The van der Waals surface area contributed by atoms with Gasteiger partial charge in [0.25, 0.3) is 5.91 Å². The maximum atomic E-state index is 13.1. The zero-order valence-corrected chi connectivity index (χ0v) is 14.9. The van der Waals surface area contributed by atoms with Crippen molar-refractivity contribution in [3.05, 3.63) is 28.7 Å². The van der Waals surface area contributed by atoms with Gasteiger partial charge in [-0.3, -0.25) is 9.59 Å². The fourth-order valence-corrected chi connectivity index (χ4v) is 3.65. The Bertz CT molecular complexity index is 827. The first-order valence-corrected chi connectivity index (χ1v) is 8.71. The predicted octanol–water partition coefficient (Wildman–Crippen LogP) is 2.37. The fraction of sp³-hybridized carbons (Fsp3) is 0.556. The molecule has 1 atom stereocenters. The predicted molar refractivity (Wildman–Crippen MR) is 92.7 cm³/mol. The molecule has 0 radical (unpaired) electrons. The number of aromatic nitrogens is 3. The van der Waals surface area contributed by atoms with Crippen LogP contribution in [0.25, 0.3) is 5.65 Å². The highest BCUT2D eigenvalue weighted by atomic mass is 16.4. The summed E-state index contributed by atoms with van der Waals surface area (Å²) < 4.78 is 1.72. The van der Waals surface area contributed by atoms with Crippen molar-refractivity contribution in [1.82, 2.24) is 19.5 Å². The van der Waals surface area contributed by atoms with E-state index in [2.05, 4.69) is 10.1 Å². The van der Waals surface area contributed by atoms with E-state index in [1.54, 1.807) is 4.52 Å². The number of aliphatic carboxylic acids is 1. The number of amides is 1. The number of hydrogen-bond donors (Lipinski definition) is 1. The number of nitrogens with zero attached hydrogens (tertiary/aromatic N) is 4. The molecule has 1 saturated heterocycles. The molecule has 0 aromatic carbocycles. The lowest BCUT2D eigenvalue weighted by Gasteiger charge is -2.32. The minimum absolute atomic E-state index is 0.0509. The lowest BCUT2D eigenvalue weighted by molar-refractivity contribution is -0.137. The van der Waals surface area contributed by atoms with E-state index in [0.717, 1.165) is 24.2 Å². The van der Waals surface area contributed by atoms with Gasteiger partial charge in [-0.05, 0) is 52.0 Å². The Morgan fingerprint density at radius 1 is 1.32 bits per heavy atom. The summed E-state index contributed by atoms with van der Waals surface area (Å²) in [6, 6.07) is 1.94. The van der Waals surface area contributed by atoms with Crippen LogP contribution in [0.2, 0.25) is 0 Å². The summed E-state index contributed by atoms with van der Waals surface area (Å²) in [6.07, 6.45) is 2.65. The van der Waals surface area contributed by atoms with Gasteiger partial charge >= 0.3 is 5.97 Å². The van der Waals surface area contributed by atoms with Crippen molar-refractivity contribution in [3.8, 4) is 0 Å². The van der Waals surface area contributed by atoms with Crippen LogP contribution in [0.5, 0.6) is 0 Å². The van der Waals surface area contributed by atoms with Crippen LogP contribution in [-0.2, 0) is 4.79 Å². The number of fused-ring (bicyclic) bond motifs is 1. The minimum Gasteiger partial charge on any atom is -0.481 e. The van der Waals surface area contributed by atoms with E-state index in [9.17, 15) is 9.59 Å². The third kappa shape index (κ3) is 3.50. The van der Waals surface area contributed by atoms with Crippen LogP contribution in [0, 0.1) is 26.7 Å². The first-order valence-electron chi connectivity index (χ1n) is 8.71. The Hall–Kier alpha value is -2.44. The van der Waals surface area contributed by atoms with Crippen molar-refractivity contribution in [2.45, 2.75) is 46.5 Å². The lowest BCUT2D eigenvalue weighted by Crippen LogP contribution is -2.40. The second-order valence-electron chi connectivity index (χ2n) is 6.93. The van der Waals surface area contributed by atoms with Crippen LogP contribution >= 0.6 is 0 Å². The number of piperidine rings is 1. The number of rotatable bonds is 4. The maximum absolute atomic E-state index is 13.1. The molecule has 0 unspecified atom stereocenters. The molecule has 2 aromatic heterocycles. The van der Waals surface area contributed by atoms with Crippen LogP contribution in [0.1, 0.15) is 53.1 Å². The lowest BCUT2D eigenvalue weighted by atomic mass is 9.93. The molecule has 1 aliphatic heterocycles. The van der Waals surface area contributed by atoms with Gasteiger partial charge in [-0.15, -0.1) is 0 Å². The molecule has 0 spiro atoms. The van der Waals surface area contributed by atoms with E-state index < -0.39 is 5.97 Å². The van der Waals surface area contributed by atoms with Crippen molar-refractivity contribution in [2.75, 3.05) is 13.1 Å². The highest BCUT2D eigenvalue weighted by Gasteiger charge is 2.29. The molecule has 0 saturated carbocycles. The Morgan fingerprint density at radius 3 is 2.80 bits per heavy atom. The van der Waals surface area contributed by atoms with Crippen molar-refractivity contribution >= 4 is 17.5 Å². The minimum atomic E-state index is -0.780. The summed E-state index contributed by atoms with van der Waals surface area (Å²) in [4.78, 5) is 30.3. The standard InChI is InChI=1S/C18H24N4O3/c1-11-9-12(2)22-17(19-11)16(13(3)20-22)18(25)21-8-4-5-14(10-21)6-7-15(23)24/h9,14H,4-8,10H2,1-3H3,(H,23,24)/t14-/m1/s1. The summed E-state index contributed by atoms with van der Waals surface area (Å²) in [5.41, 5.74) is 3.65. The van der Waals surface area contributed by atoms with E-state index in [-0.39, 0.29) is 18.2 Å². The molecular formula is C18H24N4O3. The number of carbonyl (C=O) groups is 2. The molecule has 25 heavy (non-hydrogen) atoms. The summed E-state index contributed by atoms with van der Waals surface area (Å²) >= 11 is 0. The van der Waals surface area contributed by atoms with Gasteiger partial charge in [-0.1, -0.05) is 0 Å². The third-order valence-corrected chi connectivity index (χ3v) is 4.86. The molecule has 1 aliphatic rings. The normalized spacial score (nSPS) is 17.9. The molecule has 1 fully saturated rings. The number of aryl methyl sites for hydroxylation is 3. The van der Waals surface area contributed by atoms with Crippen LogP contribution in [0.3, 0.4) is 0 Å². The van der Waals surface area contributed by atoms with Crippen LogP contribution < -0.4 is 0 Å². The second kappa shape index (κ2) is 6.82. The smallest absolute Gasteiger partial charge is 0.303 e. The van der Waals surface area contributed by atoms with Crippen LogP contribution in [-0.4, -0.2) is 49.6 Å². The molecular weight excluding hydrogens is 320 g/mol. The van der Waals surface area contributed by atoms with Crippen molar-refractivity contribution in [1.29, 1.82) is 0 Å². The Kier molecular flexibility index (Phi) is 4.74. The van der Waals surface area contributed by atoms with Gasteiger partial charge in [0, 0.05) is 30.9 Å². The topological polar surface area (TPSA) is 87.8 Å². The summed E-state index contributed by atoms with van der Waals surface area (Å²) in [5, 5.41) is 13.4. The number of hydrogen-bond acceptors (Lipinski definition) is 4. The summed E-state index contributed by atoms with van der Waals surface area (Å²) in [6.45, 7) is 7.00. The van der Waals surface area contributed by atoms with Crippen molar-refractivity contribution in [2.24, 2.45) is 5.92 Å². The van der Waals surface area contributed by atoms with E-state index >= 15 is 0 Å². The molecule has 1 N–H and O–H groups in total. The zero-order chi connectivity index (χ0) is 18.1. The van der Waals surface area contributed by atoms with E-state index in [0.29, 0.717) is 36.4 Å². The van der Waals surface area contributed by atoms with Gasteiger partial charge in [0.05, 0.1) is 5.69 Å². The highest BCUT2D eigenvalue weighted by molar-refractivity contribution is 6.01. The average Bonchev–Trinajstić information content (AvgIpc) is 2.89. The SMILES string of the molecule is Cc1cc(C)n2nc(C)c(C(=O)N3CCC[C@H](CCC(=O)O)C3)c2n1. The number of likely N-dealkylation sites (tertiary alicyclic amines) is 1. The van der Waals surface area contributed by atoms with Gasteiger partial charge in [-0.2, -0.15) is 5.10 Å². The second-order valence-corrected chi connectivity index (χ2v) is 6.93. The fourth-order valence-electron chi connectivity index (χ4n) is 3.65. The van der Waals surface area contributed by atoms with Crippen LogP contribution in [0.4, 0.5) is 0 Å². The van der Waals surface area contributed by atoms with Crippen molar-refractivity contribution < 1.29 is 14.7 Å². The van der Waals surface area contributed by atoms with Gasteiger partial charge in [0.2, 0.25) is 0 Å². The first-order chi connectivity index (χ1) is 11.9. The largest absolute Gasteiger partial charge is 0.481 e. The molecule has 134 valence electrons. The molecule has 3 heterocycles. The third-order valence-electron chi connectivity index (χ3n) is 4.86. The molecule has 3 rings (SSSR count). The maximum Gasteiger partial charge on any atom is 0.303 e. The molecule has 2 aromatic rings. The summed E-state index contributed by atoms with van der Waals surface area (Å²) in [5.74, 6) is -0.588. The van der Waals surface area contributed by atoms with E-state index in [4.69, 9.17) is 5.11 Å². The number of carboxylic acid groups (broad SMARTS) is 1. The Balaban J connectivity index is 1.86. The van der Waals surface area contributed by atoms with Gasteiger partial charge in [0.15, 0.2) is 5.65 Å². The van der Waals surface area contributed by atoms with Crippen LogP contribution in [0.15, 0.2) is 6.07 Å². The molecule has 0 bridgehead atoms. The average molecular weight is 344 g/mol. The van der Waals surface area contributed by atoms with E-state index in [1.165, 1.54) is 0 Å². The van der Waals surface area contributed by atoms with E-state index in [1.807, 2.05) is 31.7 Å². The Labute approximate surface area is 146 Å². The van der Waals surface area contributed by atoms with Crippen molar-refractivity contribution in [3.63, 3.8) is 0 Å². The summed E-state index contributed by atoms with van der Waals surface area (Å²) in [7, 11) is 0. The van der Waals surface area contributed by atoms with Gasteiger partial charge in [-0.25, -0.2) is 9.50 Å². The van der Waals surface area contributed by atoms with Gasteiger partial charge < -0.3 is 10.0 Å². The molecule has 1 amide bonds. The zero-order valence-electron chi connectivity index (χ0n) is 14.9. The number of carbonyl (C=O) groups excluding carboxylic acids is 1. The molecule has 7 nitrogen and oxygen atoms in total. The molecule has 0 aliphatic carbocycles. The Morgan fingerprint density at radius 2 is 2.08 bits per heavy atom. The monoisotopic (exact) mass is 344 g/mol. The molecule has 7 heteroatoms. The first kappa shape index (κ1) is 17.4.